The van der Waals surface area contributed by atoms with Crippen LogP contribution in [0.5, 0.6) is 5.75 Å². The maximum atomic E-state index is 12.5. The van der Waals surface area contributed by atoms with Gasteiger partial charge in [-0.3, -0.25) is 14.5 Å². The number of thioether (sulfide) groups is 1. The number of thiocarbonyl (C=S) groups is 1. The third kappa shape index (κ3) is 5.49. The van der Waals surface area contributed by atoms with Crippen LogP contribution in [0.25, 0.3) is 6.08 Å². The lowest BCUT2D eigenvalue weighted by Crippen LogP contribution is -2.34. The Morgan fingerprint density at radius 2 is 1.97 bits per heavy atom. The number of hydrogen-bond acceptors (Lipinski definition) is 5. The number of aryl methyl sites for hydroxylation is 1. The molecule has 0 aliphatic carbocycles. The van der Waals surface area contributed by atoms with Gasteiger partial charge in [0.05, 0.1) is 4.91 Å². The second kappa shape index (κ2) is 9.91. The molecule has 1 N–H and O–H groups in total. The highest BCUT2D eigenvalue weighted by Gasteiger charge is 2.33. The van der Waals surface area contributed by atoms with Gasteiger partial charge in [-0.2, -0.15) is 0 Å². The molecule has 0 aromatic heterocycles. The van der Waals surface area contributed by atoms with Gasteiger partial charge in [-0.05, 0) is 61.7 Å². The predicted molar refractivity (Wildman–Crippen MR) is 127 cm³/mol. The number of benzene rings is 2. The lowest BCUT2D eigenvalue weighted by Gasteiger charge is -2.18. The van der Waals surface area contributed by atoms with Crippen molar-refractivity contribution in [1.82, 2.24) is 4.90 Å². The van der Waals surface area contributed by atoms with Crippen molar-refractivity contribution in [3.8, 4) is 5.75 Å². The smallest absolute Gasteiger partial charge is 0.266 e. The van der Waals surface area contributed by atoms with Crippen molar-refractivity contribution in [3.63, 3.8) is 0 Å². The molecule has 1 aliphatic rings. The van der Waals surface area contributed by atoms with Gasteiger partial charge in [-0.1, -0.05) is 55.2 Å². The van der Waals surface area contributed by atoms with Crippen molar-refractivity contribution in [2.45, 2.75) is 33.2 Å². The van der Waals surface area contributed by atoms with E-state index in [1.165, 1.54) is 17.3 Å². The second-order valence-corrected chi connectivity index (χ2v) is 8.78. The molecule has 1 heterocycles. The topological polar surface area (TPSA) is 58.6 Å². The van der Waals surface area contributed by atoms with Crippen LogP contribution in [-0.2, 0) is 16.0 Å². The molecule has 2 aromatic carbocycles. The quantitative estimate of drug-likeness (QED) is 0.491. The maximum Gasteiger partial charge on any atom is 0.266 e. The van der Waals surface area contributed by atoms with Crippen LogP contribution < -0.4 is 10.1 Å². The summed E-state index contributed by atoms with van der Waals surface area (Å²) in [5.74, 6) is 0.238. The average Bonchev–Trinajstić information content (AvgIpc) is 3.00. The number of nitrogens with zero attached hydrogens (tertiary/aromatic N) is 1. The van der Waals surface area contributed by atoms with Gasteiger partial charge in [0.1, 0.15) is 10.1 Å². The molecule has 7 heteroatoms. The molecule has 156 valence electrons. The van der Waals surface area contributed by atoms with E-state index in [0.717, 1.165) is 17.7 Å². The maximum absolute atomic E-state index is 12.5. The van der Waals surface area contributed by atoms with Crippen molar-refractivity contribution in [2.75, 3.05) is 11.9 Å². The van der Waals surface area contributed by atoms with Gasteiger partial charge in [0.2, 0.25) is 0 Å². The van der Waals surface area contributed by atoms with E-state index in [1.54, 1.807) is 23.1 Å². The predicted octanol–water partition coefficient (Wildman–Crippen LogP) is 4.88. The van der Waals surface area contributed by atoms with Gasteiger partial charge in [0, 0.05) is 11.7 Å². The van der Waals surface area contributed by atoms with E-state index in [9.17, 15) is 9.59 Å². The molecule has 3 rings (SSSR count). The Bertz CT molecular complexity index is 984. The van der Waals surface area contributed by atoms with Crippen LogP contribution in [0.2, 0.25) is 0 Å². The lowest BCUT2D eigenvalue weighted by molar-refractivity contribution is -0.123. The average molecular weight is 441 g/mol. The SMILES string of the molecule is CCc1ccc(NC(=O)COc2cccc(/C=C3\SC(=S)N(C(C)C)C3=O)c2)cc1. The summed E-state index contributed by atoms with van der Waals surface area (Å²) in [6.45, 7) is 5.85. The summed E-state index contributed by atoms with van der Waals surface area (Å²) in [4.78, 5) is 26.9. The molecule has 5 nitrogen and oxygen atoms in total. The van der Waals surface area contributed by atoms with Gasteiger partial charge < -0.3 is 10.1 Å². The number of rotatable bonds is 7. The normalized spacial score (nSPS) is 15.2. The Morgan fingerprint density at radius 3 is 2.60 bits per heavy atom. The first-order valence-corrected chi connectivity index (χ1v) is 11.0. The van der Waals surface area contributed by atoms with E-state index in [1.807, 2.05) is 50.2 Å². The fourth-order valence-electron chi connectivity index (χ4n) is 2.94. The Hall–Kier alpha value is -2.64. The molecule has 0 unspecified atom stereocenters. The van der Waals surface area contributed by atoms with E-state index in [0.29, 0.717) is 15.0 Å². The standard InChI is InChI=1S/C23H24N2O3S2/c1-4-16-8-10-18(11-9-16)24-21(26)14-28-19-7-5-6-17(12-19)13-20-22(27)25(15(2)3)23(29)30-20/h5-13,15H,4,14H2,1-3H3,(H,24,26)/b20-13-. The molecule has 0 bridgehead atoms. The number of nitrogens with one attached hydrogen (secondary N) is 1. The molecular formula is C23H24N2O3S2. The van der Waals surface area contributed by atoms with Crippen LogP contribution in [-0.4, -0.2) is 33.7 Å². The minimum absolute atomic E-state index is 0.0229. The number of carbonyl (C=O) groups is 2. The van der Waals surface area contributed by atoms with Crippen molar-refractivity contribution in [1.29, 1.82) is 0 Å². The van der Waals surface area contributed by atoms with E-state index < -0.39 is 0 Å². The Morgan fingerprint density at radius 1 is 1.23 bits per heavy atom. The van der Waals surface area contributed by atoms with Gasteiger partial charge in [0.25, 0.3) is 11.8 Å². The highest BCUT2D eigenvalue weighted by atomic mass is 32.2. The van der Waals surface area contributed by atoms with Crippen LogP contribution >= 0.6 is 24.0 Å². The third-order valence-electron chi connectivity index (χ3n) is 4.51. The zero-order valence-electron chi connectivity index (χ0n) is 17.2. The third-order valence-corrected chi connectivity index (χ3v) is 5.84. The highest BCUT2D eigenvalue weighted by Crippen LogP contribution is 2.34. The molecule has 0 spiro atoms. The fourth-order valence-corrected chi connectivity index (χ4v) is 4.46. The number of carbonyl (C=O) groups excluding carboxylic acids is 2. The van der Waals surface area contributed by atoms with Crippen LogP contribution in [0.15, 0.2) is 53.4 Å². The highest BCUT2D eigenvalue weighted by molar-refractivity contribution is 8.26. The molecule has 2 aromatic rings. The summed E-state index contributed by atoms with van der Waals surface area (Å²) in [6.07, 6.45) is 2.75. The summed E-state index contributed by atoms with van der Waals surface area (Å²) in [6, 6.07) is 15.0. The molecule has 1 aliphatic heterocycles. The van der Waals surface area contributed by atoms with Gasteiger partial charge in [-0.15, -0.1) is 0 Å². The number of amides is 2. The van der Waals surface area contributed by atoms with Gasteiger partial charge in [-0.25, -0.2) is 0 Å². The summed E-state index contributed by atoms with van der Waals surface area (Å²) in [5, 5.41) is 2.82. The lowest BCUT2D eigenvalue weighted by atomic mass is 10.1. The van der Waals surface area contributed by atoms with Crippen LogP contribution in [0.3, 0.4) is 0 Å². The van der Waals surface area contributed by atoms with Crippen molar-refractivity contribution in [3.05, 3.63) is 64.6 Å². The summed E-state index contributed by atoms with van der Waals surface area (Å²) >= 11 is 6.61. The summed E-state index contributed by atoms with van der Waals surface area (Å²) in [7, 11) is 0. The van der Waals surface area contributed by atoms with Crippen molar-refractivity contribution >= 4 is 51.9 Å². The zero-order valence-corrected chi connectivity index (χ0v) is 18.8. The van der Waals surface area contributed by atoms with E-state index in [4.69, 9.17) is 17.0 Å². The number of hydrogen-bond donors (Lipinski definition) is 1. The molecule has 2 amide bonds. The van der Waals surface area contributed by atoms with Gasteiger partial charge in [0.15, 0.2) is 6.61 Å². The summed E-state index contributed by atoms with van der Waals surface area (Å²) in [5.41, 5.74) is 2.76. The minimum Gasteiger partial charge on any atom is -0.484 e. The first-order chi connectivity index (χ1) is 14.4. The zero-order chi connectivity index (χ0) is 21.7. The molecule has 0 saturated carbocycles. The number of ether oxygens (including phenoxy) is 1. The first-order valence-electron chi connectivity index (χ1n) is 9.76. The van der Waals surface area contributed by atoms with Crippen LogP contribution in [0, 0.1) is 0 Å². The monoisotopic (exact) mass is 440 g/mol. The van der Waals surface area contributed by atoms with Gasteiger partial charge >= 0.3 is 0 Å². The van der Waals surface area contributed by atoms with Crippen molar-refractivity contribution in [2.24, 2.45) is 0 Å². The Labute approximate surface area is 186 Å². The molecule has 0 atom stereocenters. The molecule has 0 radical (unpaired) electrons. The fraction of sp³-hybridized carbons (Fsp3) is 0.261. The first kappa shape index (κ1) is 22.1. The van der Waals surface area contributed by atoms with Crippen LogP contribution in [0.4, 0.5) is 5.69 Å². The molecule has 30 heavy (non-hydrogen) atoms. The summed E-state index contributed by atoms with van der Waals surface area (Å²) < 4.78 is 6.20. The molecule has 1 saturated heterocycles. The largest absolute Gasteiger partial charge is 0.484 e. The molecule has 1 fully saturated rings. The van der Waals surface area contributed by atoms with Crippen molar-refractivity contribution < 1.29 is 14.3 Å². The number of anilines is 1. The minimum atomic E-state index is -0.234. The van der Waals surface area contributed by atoms with E-state index >= 15 is 0 Å². The van der Waals surface area contributed by atoms with E-state index in [2.05, 4.69) is 12.2 Å². The van der Waals surface area contributed by atoms with Crippen LogP contribution in [0.1, 0.15) is 31.9 Å². The van der Waals surface area contributed by atoms with E-state index in [-0.39, 0.29) is 24.5 Å². The second-order valence-electron chi connectivity index (χ2n) is 7.11. The molecular weight excluding hydrogens is 416 g/mol. The Balaban J connectivity index is 1.61. The Kier molecular flexibility index (Phi) is 7.29.